The van der Waals surface area contributed by atoms with Gasteiger partial charge in [-0.1, -0.05) is 41.5 Å². The zero-order valence-electron chi connectivity index (χ0n) is 12.1. The van der Waals surface area contributed by atoms with Gasteiger partial charge in [-0.05, 0) is 17.3 Å². The maximum absolute atomic E-state index is 12.2. The van der Waals surface area contributed by atoms with Gasteiger partial charge < -0.3 is 5.53 Å². The van der Waals surface area contributed by atoms with Crippen molar-refractivity contribution in [1.29, 1.82) is 0 Å². The lowest BCUT2D eigenvalue weighted by molar-refractivity contribution is -0.137. The van der Waals surface area contributed by atoms with Crippen LogP contribution in [0.15, 0.2) is 0 Å². The molecule has 0 saturated heterocycles. The van der Waals surface area contributed by atoms with E-state index in [1.807, 2.05) is 41.5 Å². The summed E-state index contributed by atoms with van der Waals surface area (Å²) in [7, 11) is 0. The number of carbonyl (C=O) groups is 2. The second kappa shape index (κ2) is 4.43. The number of ketones is 2. The minimum atomic E-state index is -0.324. The van der Waals surface area contributed by atoms with Crippen LogP contribution in [-0.2, 0) is 9.59 Å². The van der Waals surface area contributed by atoms with Crippen molar-refractivity contribution in [2.24, 2.45) is 22.7 Å². The Hall–Kier alpha value is -1.28. The number of hydrogen-bond acceptors (Lipinski definition) is 2. The first kappa shape index (κ1) is 14.8. The lowest BCUT2D eigenvalue weighted by atomic mass is 9.61. The van der Waals surface area contributed by atoms with E-state index in [1.54, 1.807) is 0 Å². The largest absolute Gasteiger partial charge is 0.400 e. The van der Waals surface area contributed by atoms with Gasteiger partial charge >= 0.3 is 5.71 Å². The molecular weight excluding hydrogens is 228 g/mol. The molecule has 0 amide bonds. The summed E-state index contributed by atoms with van der Waals surface area (Å²) in [5, 5.41) is 0. The highest BCUT2D eigenvalue weighted by Gasteiger charge is 2.52. The Balaban J connectivity index is 3.27. The molecule has 0 aromatic heterocycles. The molecule has 0 heterocycles. The van der Waals surface area contributed by atoms with Gasteiger partial charge in [0.15, 0.2) is 0 Å². The first-order valence-corrected chi connectivity index (χ1v) is 6.30. The Labute approximate surface area is 108 Å². The van der Waals surface area contributed by atoms with Crippen molar-refractivity contribution < 1.29 is 14.4 Å². The fraction of sp³-hybridized carbons (Fsp3) is 0.786. The van der Waals surface area contributed by atoms with Crippen LogP contribution in [0.25, 0.3) is 5.53 Å². The number of nitrogens with zero attached hydrogens (tertiary/aromatic N) is 2. The monoisotopic (exact) mass is 250 g/mol. The molecule has 0 spiro atoms. The molecule has 2 atom stereocenters. The molecule has 1 saturated carbocycles. The lowest BCUT2D eigenvalue weighted by Crippen LogP contribution is -2.50. The van der Waals surface area contributed by atoms with Gasteiger partial charge in [0.1, 0.15) is 0 Å². The highest BCUT2D eigenvalue weighted by atomic mass is 16.2. The van der Waals surface area contributed by atoms with Crippen molar-refractivity contribution in [3.8, 4) is 0 Å². The molecule has 0 radical (unpaired) electrons. The smallest absolute Gasteiger partial charge is 0.360 e. The average Bonchev–Trinajstić information content (AvgIpc) is 2.14. The van der Waals surface area contributed by atoms with E-state index in [9.17, 15) is 9.59 Å². The third-order valence-corrected chi connectivity index (χ3v) is 3.76. The number of hydrogen-bond donors (Lipinski definition) is 0. The van der Waals surface area contributed by atoms with Crippen molar-refractivity contribution in [1.82, 2.24) is 0 Å². The molecule has 0 bridgehead atoms. The van der Waals surface area contributed by atoms with E-state index in [0.29, 0.717) is 6.42 Å². The Bertz CT molecular complexity index is 398. The number of rotatable bonds is 0. The SMILES string of the molecule is CC(C)(C)[C@@H]1C[C@@H](C(C)(C)C)C(=O)C(=[N+]=[N-])C1=O. The summed E-state index contributed by atoms with van der Waals surface area (Å²) in [5.74, 6) is -1.19. The number of carbonyl (C=O) groups excluding carboxylic acids is 2. The minimum Gasteiger partial charge on any atom is -0.360 e. The lowest BCUT2D eigenvalue weighted by Gasteiger charge is -2.38. The second-order valence-electron chi connectivity index (χ2n) is 7.25. The van der Waals surface area contributed by atoms with Crippen LogP contribution in [0.2, 0.25) is 0 Å². The Morgan fingerprint density at radius 1 is 0.944 bits per heavy atom. The predicted octanol–water partition coefficient (Wildman–Crippen LogP) is 2.52. The van der Waals surface area contributed by atoms with Gasteiger partial charge in [-0.3, -0.25) is 9.59 Å². The zero-order chi connectivity index (χ0) is 14.3. The molecule has 0 aromatic rings. The highest BCUT2D eigenvalue weighted by Crippen LogP contribution is 2.42. The maximum atomic E-state index is 12.2. The van der Waals surface area contributed by atoms with Crippen molar-refractivity contribution in [3.05, 3.63) is 5.53 Å². The van der Waals surface area contributed by atoms with Crippen LogP contribution < -0.4 is 0 Å². The minimum absolute atomic E-state index is 0.239. The van der Waals surface area contributed by atoms with Crippen LogP contribution in [0.1, 0.15) is 48.0 Å². The van der Waals surface area contributed by atoms with E-state index in [1.165, 1.54) is 0 Å². The van der Waals surface area contributed by atoms with Gasteiger partial charge in [0.25, 0.3) is 11.6 Å². The summed E-state index contributed by atoms with van der Waals surface area (Å²) in [6.07, 6.45) is 0.531. The van der Waals surface area contributed by atoms with Crippen LogP contribution in [0, 0.1) is 22.7 Å². The van der Waals surface area contributed by atoms with Crippen molar-refractivity contribution in [3.63, 3.8) is 0 Å². The number of Topliss-reactive ketones (excluding diaryl/α,β-unsaturated/α-hetero) is 2. The van der Waals surface area contributed by atoms with Crippen molar-refractivity contribution >= 4 is 17.3 Å². The van der Waals surface area contributed by atoms with Gasteiger partial charge in [-0.25, -0.2) is 0 Å². The van der Waals surface area contributed by atoms with E-state index in [4.69, 9.17) is 5.53 Å². The Kier molecular flexibility index (Phi) is 3.64. The van der Waals surface area contributed by atoms with E-state index in [-0.39, 0.29) is 39.9 Å². The normalized spacial score (nSPS) is 26.2. The first-order valence-electron chi connectivity index (χ1n) is 6.30. The first-order chi connectivity index (χ1) is 8.00. The molecule has 0 unspecified atom stereocenters. The fourth-order valence-electron chi connectivity index (χ4n) is 2.49. The quantitative estimate of drug-likeness (QED) is 0.489. The molecule has 100 valence electrons. The van der Waals surface area contributed by atoms with Gasteiger partial charge in [0.05, 0.1) is 0 Å². The zero-order valence-corrected chi connectivity index (χ0v) is 12.1. The fourth-order valence-corrected chi connectivity index (χ4v) is 2.49. The summed E-state index contributed by atoms with van der Waals surface area (Å²) in [5.41, 5.74) is 8.19. The third-order valence-electron chi connectivity index (χ3n) is 3.76. The predicted molar refractivity (Wildman–Crippen MR) is 69.1 cm³/mol. The van der Waals surface area contributed by atoms with E-state index in [0.717, 1.165) is 0 Å². The summed E-state index contributed by atoms with van der Waals surface area (Å²) in [6.45, 7) is 11.8. The molecule has 1 fully saturated rings. The summed E-state index contributed by atoms with van der Waals surface area (Å²) < 4.78 is 0. The van der Waals surface area contributed by atoms with Crippen molar-refractivity contribution in [2.75, 3.05) is 0 Å². The second-order valence-corrected chi connectivity index (χ2v) is 7.25. The van der Waals surface area contributed by atoms with E-state index in [2.05, 4.69) is 4.79 Å². The molecule has 0 aliphatic heterocycles. The molecule has 0 N–H and O–H groups in total. The van der Waals surface area contributed by atoms with Gasteiger partial charge in [-0.15, -0.1) is 0 Å². The maximum Gasteiger partial charge on any atom is 0.400 e. The Morgan fingerprint density at radius 3 is 1.50 bits per heavy atom. The highest BCUT2D eigenvalue weighted by molar-refractivity contribution is 6.65. The third kappa shape index (κ3) is 2.59. The molecule has 1 aliphatic rings. The Morgan fingerprint density at radius 2 is 1.28 bits per heavy atom. The van der Waals surface area contributed by atoms with Crippen LogP contribution >= 0.6 is 0 Å². The van der Waals surface area contributed by atoms with E-state index < -0.39 is 0 Å². The van der Waals surface area contributed by atoms with Crippen LogP contribution in [0.5, 0.6) is 0 Å². The standard InChI is InChI=1S/C14H22N2O2/c1-13(2,3)8-7-9(14(4,5)6)12(18)10(16-15)11(8)17/h8-9H,7H2,1-6H3/t8-,9-/m1/s1. The van der Waals surface area contributed by atoms with Gasteiger partial charge in [-0.2, -0.15) is 4.79 Å². The molecule has 4 heteroatoms. The average molecular weight is 250 g/mol. The van der Waals surface area contributed by atoms with E-state index >= 15 is 0 Å². The topological polar surface area (TPSA) is 70.5 Å². The van der Waals surface area contributed by atoms with Crippen molar-refractivity contribution in [2.45, 2.75) is 48.0 Å². The van der Waals surface area contributed by atoms with Crippen LogP contribution in [0.4, 0.5) is 0 Å². The molecule has 18 heavy (non-hydrogen) atoms. The van der Waals surface area contributed by atoms with Gasteiger partial charge in [0.2, 0.25) is 0 Å². The molecule has 1 rings (SSSR count). The molecule has 0 aromatic carbocycles. The molecular formula is C14H22N2O2. The summed E-state index contributed by atoms with van der Waals surface area (Å²) in [6, 6.07) is 0. The summed E-state index contributed by atoms with van der Waals surface area (Å²) in [4.78, 5) is 27.3. The molecule has 4 nitrogen and oxygen atoms in total. The summed E-state index contributed by atoms with van der Waals surface area (Å²) >= 11 is 0. The van der Waals surface area contributed by atoms with Gasteiger partial charge in [0, 0.05) is 11.8 Å². The molecule has 1 aliphatic carbocycles. The van der Waals surface area contributed by atoms with Crippen LogP contribution in [0.3, 0.4) is 0 Å². The van der Waals surface area contributed by atoms with Crippen LogP contribution in [-0.4, -0.2) is 22.1 Å².